The van der Waals surface area contributed by atoms with Gasteiger partial charge in [0.1, 0.15) is 0 Å². The first kappa shape index (κ1) is 12.5. The number of H-pyrrole nitrogens is 1. The number of methoxy groups -OCH3 is 1. The average molecular weight is 270 g/mol. The Balaban J connectivity index is 2.56. The first-order chi connectivity index (χ1) is 8.47. The van der Waals surface area contributed by atoms with Crippen molar-refractivity contribution in [2.75, 3.05) is 14.2 Å². The van der Waals surface area contributed by atoms with Crippen LogP contribution in [0.2, 0.25) is 0 Å². The van der Waals surface area contributed by atoms with Crippen LogP contribution < -0.4 is 0 Å². The minimum Gasteiger partial charge on any atom is -0.465 e. The van der Waals surface area contributed by atoms with Gasteiger partial charge in [0.15, 0.2) is 0 Å². The van der Waals surface area contributed by atoms with Crippen molar-refractivity contribution in [3.05, 3.63) is 23.8 Å². The first-order valence-corrected chi connectivity index (χ1v) is 6.27. The molecule has 0 atom stereocenters. The molecule has 0 radical (unpaired) electrons. The molecule has 0 saturated carbocycles. The van der Waals surface area contributed by atoms with Crippen molar-refractivity contribution in [1.82, 2.24) is 9.97 Å². The van der Waals surface area contributed by atoms with E-state index < -0.39 is 16.1 Å². The summed E-state index contributed by atoms with van der Waals surface area (Å²) in [5, 5.41) is -0.304. The molecule has 7 nitrogen and oxygen atoms in total. The molecular formula is C10H10N2O5S. The number of hydrogen-bond acceptors (Lipinski definition) is 6. The highest BCUT2D eigenvalue weighted by Gasteiger charge is 2.18. The summed E-state index contributed by atoms with van der Waals surface area (Å²) >= 11 is 0. The third-order valence-electron chi connectivity index (χ3n) is 2.34. The molecule has 8 heteroatoms. The molecule has 1 N–H and O–H groups in total. The highest BCUT2D eigenvalue weighted by molar-refractivity contribution is 7.86. The molecule has 0 saturated heterocycles. The number of fused-ring (bicyclic) bond motifs is 1. The second-order valence-electron chi connectivity index (χ2n) is 3.39. The Morgan fingerprint density at radius 3 is 2.67 bits per heavy atom. The Hall–Kier alpha value is -1.93. The predicted octanol–water partition coefficient (Wildman–Crippen LogP) is 0.685. The molecule has 2 rings (SSSR count). The van der Waals surface area contributed by atoms with Crippen LogP contribution in [-0.4, -0.2) is 38.6 Å². The second-order valence-corrected chi connectivity index (χ2v) is 5.01. The molecule has 0 amide bonds. The van der Waals surface area contributed by atoms with Crippen molar-refractivity contribution in [2.45, 2.75) is 5.16 Å². The summed E-state index contributed by atoms with van der Waals surface area (Å²) in [6.07, 6.45) is 0. The second kappa shape index (κ2) is 4.39. The zero-order valence-corrected chi connectivity index (χ0v) is 10.4. The van der Waals surface area contributed by atoms with Crippen molar-refractivity contribution < 1.29 is 22.1 Å². The van der Waals surface area contributed by atoms with Crippen LogP contribution in [0, 0.1) is 0 Å². The summed E-state index contributed by atoms with van der Waals surface area (Å²) < 4.78 is 31.8. The summed E-state index contributed by atoms with van der Waals surface area (Å²) in [5.41, 5.74) is 1.13. The smallest absolute Gasteiger partial charge is 0.337 e. The molecule has 96 valence electrons. The number of esters is 1. The maximum Gasteiger partial charge on any atom is 0.337 e. The fourth-order valence-corrected chi connectivity index (χ4v) is 2.03. The number of benzene rings is 1. The van der Waals surface area contributed by atoms with E-state index in [9.17, 15) is 13.2 Å². The van der Waals surface area contributed by atoms with E-state index in [0.717, 1.165) is 7.11 Å². The van der Waals surface area contributed by atoms with Gasteiger partial charge in [0, 0.05) is 0 Å². The van der Waals surface area contributed by atoms with Crippen molar-refractivity contribution in [3.63, 3.8) is 0 Å². The molecule has 0 bridgehead atoms. The minimum absolute atomic E-state index is 0.301. The van der Waals surface area contributed by atoms with Crippen molar-refractivity contribution in [2.24, 2.45) is 0 Å². The van der Waals surface area contributed by atoms with Crippen LogP contribution in [0.3, 0.4) is 0 Å². The summed E-state index contributed by atoms with van der Waals surface area (Å²) in [6.45, 7) is 0. The Bertz CT molecular complexity index is 704. The van der Waals surface area contributed by atoms with E-state index in [1.165, 1.54) is 25.3 Å². The number of nitrogens with zero attached hydrogens (tertiary/aromatic N) is 1. The molecular weight excluding hydrogens is 260 g/mol. The number of nitrogens with one attached hydrogen (secondary N) is 1. The molecule has 1 heterocycles. The number of imidazole rings is 1. The van der Waals surface area contributed by atoms with Crippen LogP contribution in [0.4, 0.5) is 0 Å². The van der Waals surface area contributed by atoms with E-state index in [1.807, 2.05) is 0 Å². The molecule has 0 aliphatic carbocycles. The highest BCUT2D eigenvalue weighted by atomic mass is 32.2. The van der Waals surface area contributed by atoms with Crippen molar-refractivity contribution >= 4 is 27.1 Å². The molecule has 1 aromatic heterocycles. The van der Waals surface area contributed by atoms with Gasteiger partial charge >= 0.3 is 16.1 Å². The molecule has 2 aromatic rings. The Labute approximate surface area is 103 Å². The molecule has 1 aromatic carbocycles. The van der Waals surface area contributed by atoms with E-state index in [1.54, 1.807) is 0 Å². The fraction of sp³-hybridized carbons (Fsp3) is 0.200. The number of ether oxygens (including phenoxy) is 1. The van der Waals surface area contributed by atoms with Gasteiger partial charge in [-0.2, -0.15) is 8.42 Å². The number of hydrogen-bond donors (Lipinski definition) is 1. The maximum atomic E-state index is 11.4. The van der Waals surface area contributed by atoms with Gasteiger partial charge in [-0.15, -0.1) is 0 Å². The quantitative estimate of drug-likeness (QED) is 0.650. The largest absolute Gasteiger partial charge is 0.465 e. The van der Waals surface area contributed by atoms with Crippen LogP contribution in [0.5, 0.6) is 0 Å². The third-order valence-corrected chi connectivity index (χ3v) is 3.44. The first-order valence-electron chi connectivity index (χ1n) is 4.86. The van der Waals surface area contributed by atoms with Gasteiger partial charge in [-0.25, -0.2) is 9.78 Å². The molecule has 0 spiro atoms. The highest BCUT2D eigenvalue weighted by Crippen LogP contribution is 2.17. The van der Waals surface area contributed by atoms with E-state index in [-0.39, 0.29) is 5.16 Å². The predicted molar refractivity (Wildman–Crippen MR) is 61.6 cm³/mol. The Morgan fingerprint density at radius 1 is 1.33 bits per heavy atom. The summed E-state index contributed by atoms with van der Waals surface area (Å²) in [7, 11) is -1.57. The number of aromatic nitrogens is 2. The van der Waals surface area contributed by atoms with Gasteiger partial charge in [0.2, 0.25) is 0 Å². The van der Waals surface area contributed by atoms with Crippen LogP contribution in [0.1, 0.15) is 10.4 Å². The monoisotopic (exact) mass is 270 g/mol. The average Bonchev–Trinajstić information content (AvgIpc) is 2.81. The van der Waals surface area contributed by atoms with Gasteiger partial charge < -0.3 is 9.72 Å². The van der Waals surface area contributed by atoms with E-state index >= 15 is 0 Å². The lowest BCUT2D eigenvalue weighted by molar-refractivity contribution is 0.0601. The molecule has 18 heavy (non-hydrogen) atoms. The molecule has 0 aliphatic rings. The zero-order valence-electron chi connectivity index (χ0n) is 9.63. The molecule has 0 fully saturated rings. The minimum atomic E-state index is -3.88. The number of aromatic amines is 1. The normalized spacial score (nSPS) is 11.7. The lowest BCUT2D eigenvalue weighted by Crippen LogP contribution is -2.04. The maximum absolute atomic E-state index is 11.4. The zero-order chi connectivity index (χ0) is 13.3. The number of carbonyl (C=O) groups is 1. The van der Waals surface area contributed by atoms with Gasteiger partial charge in [-0.05, 0) is 18.2 Å². The van der Waals surface area contributed by atoms with E-state index in [0.29, 0.717) is 16.6 Å². The lowest BCUT2D eigenvalue weighted by Gasteiger charge is -1.97. The van der Waals surface area contributed by atoms with Crippen LogP contribution in [0.25, 0.3) is 11.0 Å². The topological polar surface area (TPSA) is 98.3 Å². The summed E-state index contributed by atoms with van der Waals surface area (Å²) in [6, 6.07) is 4.48. The molecule has 0 unspecified atom stereocenters. The van der Waals surface area contributed by atoms with Gasteiger partial charge in [0.25, 0.3) is 5.16 Å². The van der Waals surface area contributed by atoms with Crippen molar-refractivity contribution in [3.8, 4) is 0 Å². The Kier molecular flexibility index (Phi) is 3.05. The third kappa shape index (κ3) is 2.07. The lowest BCUT2D eigenvalue weighted by atomic mass is 10.2. The standard InChI is InChI=1S/C10H10N2O5S/c1-16-9(13)6-3-4-7-8(5-6)12-10(11-7)18(14,15)17-2/h3-5H,1-2H3,(H,11,12). The SMILES string of the molecule is COC(=O)c1ccc2nc(S(=O)(=O)OC)[nH]c2c1. The summed E-state index contributed by atoms with van der Waals surface area (Å²) in [5.74, 6) is -0.511. The molecule has 0 aliphatic heterocycles. The van der Waals surface area contributed by atoms with Crippen molar-refractivity contribution in [1.29, 1.82) is 0 Å². The fourth-order valence-electron chi connectivity index (χ4n) is 1.43. The number of carbonyl (C=O) groups excluding carboxylic acids is 1. The Morgan fingerprint density at radius 2 is 2.06 bits per heavy atom. The van der Waals surface area contributed by atoms with Gasteiger partial charge in [0.05, 0.1) is 30.8 Å². The van der Waals surface area contributed by atoms with Gasteiger partial charge in [-0.3, -0.25) is 4.18 Å². The van der Waals surface area contributed by atoms with Gasteiger partial charge in [-0.1, -0.05) is 0 Å². The van der Waals surface area contributed by atoms with E-state index in [4.69, 9.17) is 0 Å². The summed E-state index contributed by atoms with van der Waals surface area (Å²) in [4.78, 5) is 17.8. The van der Waals surface area contributed by atoms with Crippen LogP contribution >= 0.6 is 0 Å². The van der Waals surface area contributed by atoms with E-state index in [2.05, 4.69) is 18.9 Å². The van der Waals surface area contributed by atoms with Crippen LogP contribution in [0.15, 0.2) is 23.4 Å². The van der Waals surface area contributed by atoms with Crippen LogP contribution in [-0.2, 0) is 19.0 Å². The number of rotatable bonds is 3.